The lowest BCUT2D eigenvalue weighted by atomic mass is 10.1. The van der Waals surface area contributed by atoms with E-state index in [1.54, 1.807) is 0 Å². The number of nitrogens with zero attached hydrogens (tertiary/aromatic N) is 1. The first-order valence-electron chi connectivity index (χ1n) is 5.11. The molecule has 1 aromatic rings. The minimum absolute atomic E-state index is 0.165. The predicted octanol–water partition coefficient (Wildman–Crippen LogP) is 1.55. The second-order valence-electron chi connectivity index (χ2n) is 3.77. The molecule has 0 heterocycles. The normalized spacial score (nSPS) is 10.1. The van der Waals surface area contributed by atoms with Crippen LogP contribution in [0.15, 0.2) is 18.2 Å². The van der Waals surface area contributed by atoms with Crippen molar-refractivity contribution in [2.75, 3.05) is 13.6 Å². The largest absolute Gasteiger partial charge is 0.339 e. The molecular weight excluding hydrogens is 228 g/mol. The molecule has 0 N–H and O–H groups in total. The van der Waals surface area contributed by atoms with Crippen LogP contribution in [0.5, 0.6) is 0 Å². The van der Waals surface area contributed by atoms with Gasteiger partial charge in [0.25, 0.3) is 5.91 Å². The zero-order chi connectivity index (χ0) is 13.0. The maximum atomic E-state index is 13.2. The van der Waals surface area contributed by atoms with Crippen LogP contribution in [-0.2, 0) is 16.0 Å². The van der Waals surface area contributed by atoms with Crippen LogP contribution in [0.25, 0.3) is 0 Å². The molecule has 0 unspecified atom stereocenters. The Morgan fingerprint density at radius 3 is 2.53 bits per heavy atom. The minimum atomic E-state index is -0.637. The number of halogens is 2. The van der Waals surface area contributed by atoms with Crippen LogP contribution in [0.3, 0.4) is 0 Å². The molecule has 0 saturated heterocycles. The van der Waals surface area contributed by atoms with Gasteiger partial charge in [0, 0.05) is 20.5 Å². The Kier molecular flexibility index (Phi) is 4.31. The van der Waals surface area contributed by atoms with Gasteiger partial charge in [-0.2, -0.15) is 0 Å². The molecule has 5 heteroatoms. The van der Waals surface area contributed by atoms with Gasteiger partial charge in [-0.3, -0.25) is 9.59 Å². The lowest BCUT2D eigenvalue weighted by Gasteiger charge is -2.15. The van der Waals surface area contributed by atoms with Gasteiger partial charge in [-0.25, -0.2) is 8.78 Å². The lowest BCUT2D eigenvalue weighted by molar-refractivity contribution is -0.142. The molecule has 1 amide bonds. The molecule has 0 aliphatic heterocycles. The van der Waals surface area contributed by atoms with E-state index in [0.29, 0.717) is 0 Å². The number of ketones is 1. The molecular formula is C12H13F2NO2. The van der Waals surface area contributed by atoms with E-state index in [4.69, 9.17) is 0 Å². The number of carbonyl (C=O) groups is 2. The number of likely N-dealkylation sites (N-methyl/N-ethyl adjacent to an activating group) is 1. The molecule has 0 saturated carbocycles. The first-order chi connectivity index (χ1) is 7.91. The summed E-state index contributed by atoms with van der Waals surface area (Å²) in [5.74, 6) is -2.26. The maximum absolute atomic E-state index is 13.2. The Labute approximate surface area is 98.0 Å². The quantitative estimate of drug-likeness (QED) is 0.750. The van der Waals surface area contributed by atoms with Gasteiger partial charge < -0.3 is 4.90 Å². The molecule has 0 bridgehead atoms. The van der Waals surface area contributed by atoms with E-state index in [9.17, 15) is 18.4 Å². The molecule has 0 aliphatic carbocycles. The van der Waals surface area contributed by atoms with E-state index in [1.165, 1.54) is 18.9 Å². The second kappa shape index (κ2) is 5.52. The van der Waals surface area contributed by atoms with Crippen LogP contribution in [0.2, 0.25) is 0 Å². The molecule has 1 rings (SSSR count). The average molecular weight is 241 g/mol. The van der Waals surface area contributed by atoms with E-state index in [2.05, 4.69) is 0 Å². The fraction of sp³-hybridized carbons (Fsp3) is 0.333. The van der Waals surface area contributed by atoms with Gasteiger partial charge in [-0.1, -0.05) is 0 Å². The Hall–Kier alpha value is -1.78. The predicted molar refractivity (Wildman–Crippen MR) is 58.4 cm³/mol. The molecule has 92 valence electrons. The molecule has 0 fully saturated rings. The maximum Gasteiger partial charge on any atom is 0.289 e. The van der Waals surface area contributed by atoms with Crippen molar-refractivity contribution in [1.82, 2.24) is 4.90 Å². The highest BCUT2D eigenvalue weighted by molar-refractivity contribution is 6.34. The number of hydrogen-bond donors (Lipinski definition) is 0. The van der Waals surface area contributed by atoms with Crippen molar-refractivity contribution >= 4 is 11.7 Å². The van der Waals surface area contributed by atoms with E-state index < -0.39 is 23.3 Å². The van der Waals surface area contributed by atoms with Gasteiger partial charge in [0.05, 0.1) is 0 Å². The Morgan fingerprint density at radius 1 is 1.29 bits per heavy atom. The molecule has 0 aliphatic rings. The van der Waals surface area contributed by atoms with E-state index >= 15 is 0 Å². The molecule has 0 radical (unpaired) electrons. The lowest BCUT2D eigenvalue weighted by Crippen LogP contribution is -2.33. The van der Waals surface area contributed by atoms with Crippen molar-refractivity contribution in [2.24, 2.45) is 0 Å². The third-order valence-electron chi connectivity index (χ3n) is 2.37. The number of carbonyl (C=O) groups excluding carboxylic acids is 2. The number of benzene rings is 1. The highest BCUT2D eigenvalue weighted by atomic mass is 19.1. The van der Waals surface area contributed by atoms with E-state index in [1.807, 2.05) is 0 Å². The van der Waals surface area contributed by atoms with Gasteiger partial charge in [-0.15, -0.1) is 0 Å². The van der Waals surface area contributed by atoms with Crippen molar-refractivity contribution in [3.05, 3.63) is 35.4 Å². The van der Waals surface area contributed by atoms with Crippen LogP contribution < -0.4 is 0 Å². The summed E-state index contributed by atoms with van der Waals surface area (Å²) in [5.41, 5.74) is 0.188. The van der Waals surface area contributed by atoms with Crippen LogP contribution >= 0.6 is 0 Å². The van der Waals surface area contributed by atoms with E-state index in [-0.39, 0.29) is 18.5 Å². The van der Waals surface area contributed by atoms with Crippen molar-refractivity contribution in [3.8, 4) is 0 Å². The first kappa shape index (κ1) is 13.3. The topological polar surface area (TPSA) is 37.4 Å². The second-order valence-corrected chi connectivity index (χ2v) is 3.77. The molecule has 0 aromatic heterocycles. The van der Waals surface area contributed by atoms with Gasteiger partial charge in [0.2, 0.25) is 5.78 Å². The van der Waals surface area contributed by atoms with Crippen LogP contribution in [0.4, 0.5) is 8.78 Å². The summed E-state index contributed by atoms with van der Waals surface area (Å²) in [4.78, 5) is 23.2. The van der Waals surface area contributed by atoms with Gasteiger partial charge in [0.1, 0.15) is 11.6 Å². The molecule has 3 nitrogen and oxygen atoms in total. The smallest absolute Gasteiger partial charge is 0.289 e. The molecule has 17 heavy (non-hydrogen) atoms. The Morgan fingerprint density at radius 2 is 1.94 bits per heavy atom. The summed E-state index contributed by atoms with van der Waals surface area (Å²) < 4.78 is 26.1. The SMILES string of the molecule is CC(=O)C(=O)N(C)CCc1cc(F)ccc1F. The summed E-state index contributed by atoms with van der Waals surface area (Å²) in [6.45, 7) is 1.33. The third kappa shape index (κ3) is 3.62. The average Bonchev–Trinajstić information content (AvgIpc) is 2.28. The van der Waals surface area contributed by atoms with Crippen molar-refractivity contribution in [1.29, 1.82) is 0 Å². The standard InChI is InChI=1S/C12H13F2NO2/c1-8(16)12(17)15(2)6-5-9-7-10(13)3-4-11(9)14/h3-4,7H,5-6H2,1-2H3. The van der Waals surface area contributed by atoms with Crippen molar-refractivity contribution < 1.29 is 18.4 Å². The summed E-state index contributed by atoms with van der Waals surface area (Å²) in [6, 6.07) is 3.15. The first-order valence-corrected chi connectivity index (χ1v) is 5.11. The van der Waals surface area contributed by atoms with Crippen LogP contribution in [0.1, 0.15) is 12.5 Å². The highest BCUT2D eigenvalue weighted by Crippen LogP contribution is 2.10. The fourth-order valence-corrected chi connectivity index (χ4v) is 1.39. The Balaban J connectivity index is 2.64. The van der Waals surface area contributed by atoms with Crippen molar-refractivity contribution in [2.45, 2.75) is 13.3 Å². The van der Waals surface area contributed by atoms with E-state index in [0.717, 1.165) is 18.2 Å². The number of Topliss-reactive ketones (excluding diaryl/α,β-unsaturated/α-hetero) is 1. The number of rotatable bonds is 4. The third-order valence-corrected chi connectivity index (χ3v) is 2.37. The summed E-state index contributed by atoms with van der Waals surface area (Å²) in [5, 5.41) is 0. The summed E-state index contributed by atoms with van der Waals surface area (Å²) in [7, 11) is 1.45. The summed E-state index contributed by atoms with van der Waals surface area (Å²) >= 11 is 0. The van der Waals surface area contributed by atoms with Crippen LogP contribution in [-0.4, -0.2) is 30.2 Å². The number of amides is 1. The molecule has 0 atom stereocenters. The zero-order valence-electron chi connectivity index (χ0n) is 9.67. The van der Waals surface area contributed by atoms with Crippen LogP contribution in [0, 0.1) is 11.6 Å². The van der Waals surface area contributed by atoms with Gasteiger partial charge in [-0.05, 0) is 30.2 Å². The van der Waals surface area contributed by atoms with Gasteiger partial charge >= 0.3 is 0 Å². The number of hydrogen-bond acceptors (Lipinski definition) is 2. The monoisotopic (exact) mass is 241 g/mol. The molecule has 0 spiro atoms. The minimum Gasteiger partial charge on any atom is -0.339 e. The summed E-state index contributed by atoms with van der Waals surface area (Å²) in [6.07, 6.45) is 0.166. The zero-order valence-corrected chi connectivity index (χ0v) is 9.67. The molecule has 1 aromatic carbocycles. The highest BCUT2D eigenvalue weighted by Gasteiger charge is 2.14. The van der Waals surface area contributed by atoms with Crippen molar-refractivity contribution in [3.63, 3.8) is 0 Å². The Bertz CT molecular complexity index is 446. The van der Waals surface area contributed by atoms with Gasteiger partial charge in [0.15, 0.2) is 0 Å². The fourth-order valence-electron chi connectivity index (χ4n) is 1.39.